The van der Waals surface area contributed by atoms with Crippen LogP contribution in [0.25, 0.3) is 0 Å². The topological polar surface area (TPSA) is 90.9 Å². The molecule has 1 atom stereocenters. The number of rotatable bonds is 8. The highest BCUT2D eigenvalue weighted by Gasteiger charge is 2.33. The molecule has 1 unspecified atom stereocenters. The van der Waals surface area contributed by atoms with Gasteiger partial charge in [-0.3, -0.25) is 14.4 Å². The number of nitrogens with zero attached hydrogens (tertiary/aromatic N) is 2. The number of amides is 3. The van der Waals surface area contributed by atoms with Crippen LogP contribution < -0.4 is 10.6 Å². The van der Waals surface area contributed by atoms with Crippen molar-refractivity contribution in [3.8, 4) is 0 Å². The number of piperidine rings is 1. The molecule has 1 fully saturated rings. The molecule has 3 rings (SSSR count). The summed E-state index contributed by atoms with van der Waals surface area (Å²) in [5.74, 6) is -0.0340. The zero-order chi connectivity index (χ0) is 22.2. The van der Waals surface area contributed by atoms with Gasteiger partial charge in [0.1, 0.15) is 5.25 Å². The van der Waals surface area contributed by atoms with Crippen molar-refractivity contribution in [2.75, 3.05) is 25.0 Å². The fourth-order valence-electron chi connectivity index (χ4n) is 3.66. The Morgan fingerprint density at radius 3 is 2.74 bits per heavy atom. The second-order valence-corrected chi connectivity index (χ2v) is 9.68. The van der Waals surface area contributed by atoms with Crippen molar-refractivity contribution in [2.45, 2.75) is 57.6 Å². The first-order valence-electron chi connectivity index (χ1n) is 11.1. The van der Waals surface area contributed by atoms with Gasteiger partial charge >= 0.3 is 0 Å². The van der Waals surface area contributed by atoms with E-state index >= 15 is 0 Å². The Kier molecular flexibility index (Phi) is 8.51. The molecule has 2 aliphatic heterocycles. The van der Waals surface area contributed by atoms with Gasteiger partial charge in [-0.15, -0.1) is 0 Å². The summed E-state index contributed by atoms with van der Waals surface area (Å²) in [6.45, 7) is 6.79. The minimum absolute atomic E-state index is 0.0654. The van der Waals surface area contributed by atoms with Gasteiger partial charge < -0.3 is 15.5 Å². The predicted molar refractivity (Wildman–Crippen MR) is 125 cm³/mol. The van der Waals surface area contributed by atoms with Crippen molar-refractivity contribution in [1.82, 2.24) is 10.2 Å². The van der Waals surface area contributed by atoms with Crippen molar-refractivity contribution in [1.29, 1.82) is 0 Å². The Morgan fingerprint density at radius 2 is 2.00 bits per heavy atom. The molecule has 2 aliphatic rings. The third-order valence-corrected chi connectivity index (χ3v) is 6.59. The van der Waals surface area contributed by atoms with E-state index in [1.54, 1.807) is 24.3 Å². The molecule has 8 heteroatoms. The number of amidine groups is 1. The highest BCUT2D eigenvalue weighted by Crippen LogP contribution is 2.29. The Labute approximate surface area is 188 Å². The molecule has 0 radical (unpaired) electrons. The maximum absolute atomic E-state index is 12.5. The summed E-state index contributed by atoms with van der Waals surface area (Å²) in [4.78, 5) is 43.4. The summed E-state index contributed by atoms with van der Waals surface area (Å²) < 4.78 is 0. The zero-order valence-corrected chi connectivity index (χ0v) is 19.2. The molecule has 168 valence electrons. The third-order valence-electron chi connectivity index (χ3n) is 5.38. The van der Waals surface area contributed by atoms with E-state index in [9.17, 15) is 14.4 Å². The predicted octanol–water partition coefficient (Wildman–Crippen LogP) is 3.67. The van der Waals surface area contributed by atoms with Crippen LogP contribution in [-0.2, 0) is 9.59 Å². The fraction of sp³-hybridized carbons (Fsp3) is 0.565. The summed E-state index contributed by atoms with van der Waals surface area (Å²) in [6, 6.07) is 6.87. The SMILES string of the molecule is CC(C)CCCNC(=O)c1cccc(NC(=O)CC2SC(N3CCCCC3)=NC2=O)c1. The second-order valence-electron chi connectivity index (χ2n) is 8.51. The van der Waals surface area contributed by atoms with Crippen LogP contribution in [0.4, 0.5) is 5.69 Å². The van der Waals surface area contributed by atoms with E-state index in [2.05, 4.69) is 34.4 Å². The zero-order valence-electron chi connectivity index (χ0n) is 18.4. The number of carbonyl (C=O) groups is 3. The molecular weight excluding hydrogens is 412 g/mol. The van der Waals surface area contributed by atoms with Gasteiger partial charge in [-0.1, -0.05) is 31.7 Å². The summed E-state index contributed by atoms with van der Waals surface area (Å²) in [6.07, 6.45) is 5.51. The van der Waals surface area contributed by atoms with Crippen molar-refractivity contribution in [3.63, 3.8) is 0 Å². The van der Waals surface area contributed by atoms with Crippen molar-refractivity contribution in [2.24, 2.45) is 10.9 Å². The molecule has 3 amide bonds. The third kappa shape index (κ3) is 7.09. The molecule has 2 heterocycles. The first-order valence-corrected chi connectivity index (χ1v) is 12.0. The number of benzene rings is 1. The summed E-state index contributed by atoms with van der Waals surface area (Å²) >= 11 is 1.39. The van der Waals surface area contributed by atoms with Gasteiger partial charge in [0.15, 0.2) is 5.17 Å². The van der Waals surface area contributed by atoms with Crippen molar-refractivity contribution >= 4 is 40.3 Å². The van der Waals surface area contributed by atoms with Gasteiger partial charge in [0.25, 0.3) is 11.8 Å². The maximum atomic E-state index is 12.5. The van der Waals surface area contributed by atoms with Crippen LogP contribution >= 0.6 is 11.8 Å². The fourth-order valence-corrected chi connectivity index (χ4v) is 4.78. The number of nitrogens with one attached hydrogen (secondary N) is 2. The van der Waals surface area contributed by atoms with Crippen LogP contribution in [-0.4, -0.2) is 52.7 Å². The molecule has 0 aliphatic carbocycles. The quantitative estimate of drug-likeness (QED) is 0.597. The lowest BCUT2D eigenvalue weighted by atomic mass is 10.1. The number of carbonyl (C=O) groups excluding carboxylic acids is 3. The smallest absolute Gasteiger partial charge is 0.262 e. The van der Waals surface area contributed by atoms with E-state index in [0.717, 1.165) is 43.9 Å². The first-order chi connectivity index (χ1) is 14.9. The lowest BCUT2D eigenvalue weighted by molar-refractivity contribution is -0.121. The van der Waals surface area contributed by atoms with E-state index in [-0.39, 0.29) is 24.1 Å². The number of aliphatic imine (C=N–C) groups is 1. The lowest BCUT2D eigenvalue weighted by Crippen LogP contribution is -2.33. The summed E-state index contributed by atoms with van der Waals surface area (Å²) in [5, 5.41) is 5.99. The molecule has 7 nitrogen and oxygen atoms in total. The van der Waals surface area contributed by atoms with Gasteiger partial charge in [-0.25, -0.2) is 0 Å². The average Bonchev–Trinajstić information content (AvgIpc) is 3.12. The van der Waals surface area contributed by atoms with E-state index < -0.39 is 5.25 Å². The molecule has 0 aromatic heterocycles. The number of hydrogen-bond acceptors (Lipinski definition) is 5. The second kappa shape index (κ2) is 11.3. The Morgan fingerprint density at radius 1 is 1.23 bits per heavy atom. The minimum Gasteiger partial charge on any atom is -0.352 e. The molecule has 0 bridgehead atoms. The van der Waals surface area contributed by atoms with Crippen LogP contribution in [0, 0.1) is 5.92 Å². The van der Waals surface area contributed by atoms with Crippen LogP contribution in [0.5, 0.6) is 0 Å². The number of hydrogen-bond donors (Lipinski definition) is 2. The average molecular weight is 445 g/mol. The van der Waals surface area contributed by atoms with Crippen LogP contribution in [0.1, 0.15) is 62.7 Å². The van der Waals surface area contributed by atoms with Crippen molar-refractivity contribution < 1.29 is 14.4 Å². The van der Waals surface area contributed by atoms with E-state index in [1.165, 1.54) is 18.2 Å². The maximum Gasteiger partial charge on any atom is 0.262 e. The van der Waals surface area contributed by atoms with E-state index in [1.807, 2.05) is 0 Å². The summed E-state index contributed by atoms with van der Waals surface area (Å²) in [5.41, 5.74) is 1.05. The number of likely N-dealkylation sites (tertiary alicyclic amines) is 1. The molecular formula is C23H32N4O3S. The molecule has 0 spiro atoms. The summed E-state index contributed by atoms with van der Waals surface area (Å²) in [7, 11) is 0. The van der Waals surface area contributed by atoms with Gasteiger partial charge in [0, 0.05) is 37.3 Å². The first kappa shape index (κ1) is 23.3. The van der Waals surface area contributed by atoms with Gasteiger partial charge in [-0.2, -0.15) is 4.99 Å². The van der Waals surface area contributed by atoms with Crippen LogP contribution in [0.15, 0.2) is 29.3 Å². The molecule has 1 saturated heterocycles. The molecule has 2 N–H and O–H groups in total. The molecule has 1 aromatic carbocycles. The van der Waals surface area contributed by atoms with E-state index in [4.69, 9.17) is 0 Å². The Bertz CT molecular complexity index is 834. The van der Waals surface area contributed by atoms with Gasteiger partial charge in [0.05, 0.1) is 0 Å². The highest BCUT2D eigenvalue weighted by atomic mass is 32.2. The Balaban J connectivity index is 1.48. The Hall–Kier alpha value is -2.35. The standard InChI is InChI=1S/C23H32N4O3S/c1-16(2)8-7-11-24-21(29)17-9-6-10-18(14-17)25-20(28)15-19-22(30)26-23(31-19)27-12-4-3-5-13-27/h6,9-10,14,16,19H,3-5,7-8,11-13,15H2,1-2H3,(H,24,29)(H,25,28). The van der Waals surface area contributed by atoms with Gasteiger partial charge in [-0.05, 0) is 56.2 Å². The van der Waals surface area contributed by atoms with E-state index in [0.29, 0.717) is 23.7 Å². The molecule has 31 heavy (non-hydrogen) atoms. The number of anilines is 1. The van der Waals surface area contributed by atoms with Gasteiger partial charge in [0.2, 0.25) is 5.91 Å². The largest absolute Gasteiger partial charge is 0.352 e. The highest BCUT2D eigenvalue weighted by molar-refractivity contribution is 8.15. The normalized spacial score (nSPS) is 18.8. The molecule has 0 saturated carbocycles. The monoisotopic (exact) mass is 444 g/mol. The molecule has 1 aromatic rings. The van der Waals surface area contributed by atoms with Crippen molar-refractivity contribution in [3.05, 3.63) is 29.8 Å². The lowest BCUT2D eigenvalue weighted by Gasteiger charge is -2.27. The number of thioether (sulfide) groups is 1. The minimum atomic E-state index is -0.482. The van der Waals surface area contributed by atoms with Crippen LogP contribution in [0.2, 0.25) is 0 Å². The van der Waals surface area contributed by atoms with Crippen LogP contribution in [0.3, 0.4) is 0 Å².